The van der Waals surface area contributed by atoms with Gasteiger partial charge in [0.25, 0.3) is 0 Å². The summed E-state index contributed by atoms with van der Waals surface area (Å²) in [5, 5.41) is 3.18. The van der Waals surface area contributed by atoms with Crippen molar-refractivity contribution in [2.24, 2.45) is 23.7 Å². The van der Waals surface area contributed by atoms with Crippen LogP contribution in [0, 0.1) is 29.5 Å². The summed E-state index contributed by atoms with van der Waals surface area (Å²) in [6, 6.07) is 6.05. The molecule has 4 saturated carbocycles. The predicted molar refractivity (Wildman–Crippen MR) is 108 cm³/mol. The van der Waals surface area contributed by atoms with Gasteiger partial charge < -0.3 is 5.32 Å². The highest BCUT2D eigenvalue weighted by atomic mass is 32.2. The molecule has 6 nitrogen and oxygen atoms in total. The van der Waals surface area contributed by atoms with E-state index in [1.165, 1.54) is 54.6 Å². The number of benzene rings is 1. The number of carbonyl (C=O) groups is 1. The van der Waals surface area contributed by atoms with E-state index in [1.807, 2.05) is 0 Å². The molecule has 1 N–H and O–H groups in total. The van der Waals surface area contributed by atoms with Gasteiger partial charge in [-0.1, -0.05) is 12.1 Å². The number of halogens is 1. The third kappa shape index (κ3) is 3.44. The van der Waals surface area contributed by atoms with Gasteiger partial charge in [-0.25, -0.2) is 4.39 Å². The molecule has 158 valence electrons. The minimum atomic E-state index is -3.93. The van der Waals surface area contributed by atoms with Crippen LogP contribution in [0.1, 0.15) is 38.5 Å². The molecule has 0 unspecified atom stereocenters. The summed E-state index contributed by atoms with van der Waals surface area (Å²) in [5.41, 5.74) is 0.0404. The summed E-state index contributed by atoms with van der Waals surface area (Å²) < 4.78 is 42.5. The topological polar surface area (TPSA) is 69.7 Å². The summed E-state index contributed by atoms with van der Waals surface area (Å²) in [5.74, 6) is 1.92. The lowest BCUT2D eigenvalue weighted by Crippen LogP contribution is -2.58. The smallest absolute Gasteiger partial charge is 0.304 e. The molecule has 1 amide bonds. The van der Waals surface area contributed by atoms with Crippen molar-refractivity contribution in [1.29, 1.82) is 0 Å². The van der Waals surface area contributed by atoms with Gasteiger partial charge in [-0.2, -0.15) is 12.7 Å². The van der Waals surface area contributed by atoms with E-state index in [0.29, 0.717) is 18.3 Å². The van der Waals surface area contributed by atoms with Crippen molar-refractivity contribution in [2.75, 3.05) is 23.9 Å². The minimum Gasteiger partial charge on any atom is -0.352 e. The molecule has 1 heterocycles. The standard InChI is InChI=1S/C21H28FN3O3S/c22-18-4-1-2-5-19(18)25-7-3-6-24(29(25,27)28)13-20(26)23-21-16-9-14-8-15(11-16)12-17(21)10-14/h1-2,4-5,14-17,21H,3,6-13H2,(H,23,26). The third-order valence-corrected chi connectivity index (χ3v) is 9.27. The molecule has 8 heteroatoms. The van der Waals surface area contributed by atoms with Gasteiger partial charge in [0, 0.05) is 19.1 Å². The van der Waals surface area contributed by atoms with Crippen molar-refractivity contribution < 1.29 is 17.6 Å². The number of nitrogens with zero attached hydrogens (tertiary/aromatic N) is 2. The number of para-hydroxylation sites is 1. The number of carbonyl (C=O) groups excluding carboxylic acids is 1. The van der Waals surface area contributed by atoms with Crippen LogP contribution < -0.4 is 9.62 Å². The van der Waals surface area contributed by atoms with E-state index in [2.05, 4.69) is 5.32 Å². The summed E-state index contributed by atoms with van der Waals surface area (Å²) in [7, 11) is -3.93. The van der Waals surface area contributed by atoms with E-state index in [-0.39, 0.29) is 37.3 Å². The normalized spacial score (nSPS) is 35.6. The average Bonchev–Trinajstić information content (AvgIpc) is 2.66. The van der Waals surface area contributed by atoms with Crippen LogP contribution in [0.5, 0.6) is 0 Å². The summed E-state index contributed by atoms with van der Waals surface area (Å²) in [6.45, 7) is 0.301. The summed E-state index contributed by atoms with van der Waals surface area (Å²) in [6.07, 6.45) is 6.69. The Balaban J connectivity index is 1.27. The fourth-order valence-electron chi connectivity index (χ4n) is 6.37. The zero-order valence-electron chi connectivity index (χ0n) is 16.5. The van der Waals surface area contributed by atoms with Gasteiger partial charge in [0.05, 0.1) is 12.2 Å². The zero-order valence-corrected chi connectivity index (χ0v) is 17.3. The molecule has 4 aliphatic carbocycles. The molecule has 6 rings (SSSR count). The van der Waals surface area contributed by atoms with Crippen LogP contribution in [-0.2, 0) is 15.0 Å². The molecule has 5 fully saturated rings. The van der Waals surface area contributed by atoms with E-state index in [1.54, 1.807) is 6.07 Å². The zero-order chi connectivity index (χ0) is 20.2. The SMILES string of the molecule is O=C(CN1CCCN(c2ccccc2F)S1(=O)=O)NC1C2CC3CC(C2)CC1C3. The maximum absolute atomic E-state index is 14.2. The van der Waals surface area contributed by atoms with Gasteiger partial charge >= 0.3 is 10.2 Å². The fourth-order valence-corrected chi connectivity index (χ4v) is 8.05. The maximum Gasteiger partial charge on any atom is 0.304 e. The van der Waals surface area contributed by atoms with E-state index in [4.69, 9.17) is 0 Å². The molecule has 1 aromatic rings. The van der Waals surface area contributed by atoms with Crippen LogP contribution in [-0.4, -0.2) is 44.3 Å². The lowest BCUT2D eigenvalue weighted by molar-refractivity contribution is -0.125. The molecular formula is C21H28FN3O3S. The van der Waals surface area contributed by atoms with Crippen molar-refractivity contribution in [2.45, 2.75) is 44.6 Å². The van der Waals surface area contributed by atoms with E-state index in [9.17, 15) is 17.6 Å². The third-order valence-electron chi connectivity index (χ3n) is 7.37. The predicted octanol–water partition coefficient (Wildman–Crippen LogP) is 2.52. The van der Waals surface area contributed by atoms with Crippen molar-refractivity contribution in [1.82, 2.24) is 9.62 Å². The Morgan fingerprint density at radius 2 is 1.69 bits per heavy atom. The maximum atomic E-state index is 14.2. The minimum absolute atomic E-state index is 0.0404. The number of nitrogens with one attached hydrogen (secondary N) is 1. The van der Waals surface area contributed by atoms with E-state index < -0.39 is 16.0 Å². The van der Waals surface area contributed by atoms with Gasteiger partial charge in [-0.3, -0.25) is 9.10 Å². The monoisotopic (exact) mass is 421 g/mol. The molecule has 1 aromatic carbocycles. The fraction of sp³-hybridized carbons (Fsp3) is 0.667. The molecule has 0 radical (unpaired) electrons. The van der Waals surface area contributed by atoms with Crippen LogP contribution in [0.15, 0.2) is 24.3 Å². The van der Waals surface area contributed by atoms with Gasteiger partial charge in [0.2, 0.25) is 5.91 Å². The van der Waals surface area contributed by atoms with Crippen molar-refractivity contribution >= 4 is 21.8 Å². The Morgan fingerprint density at radius 3 is 2.34 bits per heavy atom. The van der Waals surface area contributed by atoms with Crippen molar-refractivity contribution in [3.63, 3.8) is 0 Å². The molecule has 29 heavy (non-hydrogen) atoms. The first-order chi connectivity index (χ1) is 13.9. The van der Waals surface area contributed by atoms with Gasteiger partial charge in [-0.15, -0.1) is 0 Å². The van der Waals surface area contributed by atoms with Crippen LogP contribution in [0.4, 0.5) is 10.1 Å². The highest BCUT2D eigenvalue weighted by molar-refractivity contribution is 7.90. The van der Waals surface area contributed by atoms with Crippen LogP contribution >= 0.6 is 0 Å². The average molecular weight is 422 g/mol. The summed E-state index contributed by atoms with van der Waals surface area (Å²) in [4.78, 5) is 12.8. The number of hydrogen-bond acceptors (Lipinski definition) is 3. The van der Waals surface area contributed by atoms with Gasteiger partial charge in [-0.05, 0) is 74.3 Å². The number of amides is 1. The molecule has 4 bridgehead atoms. The van der Waals surface area contributed by atoms with Crippen molar-refractivity contribution in [3.8, 4) is 0 Å². The van der Waals surface area contributed by atoms with Crippen LogP contribution in [0.25, 0.3) is 0 Å². The van der Waals surface area contributed by atoms with Gasteiger partial charge in [0.1, 0.15) is 5.82 Å². The molecule has 0 atom stereocenters. The number of rotatable bonds is 4. The van der Waals surface area contributed by atoms with E-state index >= 15 is 0 Å². The second kappa shape index (κ2) is 7.23. The Kier molecular flexibility index (Phi) is 4.81. The Hall–Kier alpha value is -1.67. The number of hydrogen-bond donors (Lipinski definition) is 1. The molecule has 1 aliphatic heterocycles. The first-order valence-electron chi connectivity index (χ1n) is 10.7. The lowest BCUT2D eigenvalue weighted by atomic mass is 9.54. The first kappa shape index (κ1) is 19.3. The Bertz CT molecular complexity index is 878. The van der Waals surface area contributed by atoms with Crippen molar-refractivity contribution in [3.05, 3.63) is 30.1 Å². The highest BCUT2D eigenvalue weighted by Crippen LogP contribution is 2.53. The quantitative estimate of drug-likeness (QED) is 0.812. The summed E-state index contributed by atoms with van der Waals surface area (Å²) >= 11 is 0. The Morgan fingerprint density at radius 1 is 1.03 bits per heavy atom. The second-order valence-corrected chi connectivity index (χ2v) is 11.1. The molecule has 1 saturated heterocycles. The lowest BCUT2D eigenvalue weighted by Gasteiger charge is -2.54. The van der Waals surface area contributed by atoms with Crippen LogP contribution in [0.2, 0.25) is 0 Å². The molecule has 5 aliphatic rings. The molecular weight excluding hydrogens is 393 g/mol. The molecule has 0 spiro atoms. The first-order valence-corrected chi connectivity index (χ1v) is 12.1. The van der Waals surface area contributed by atoms with E-state index in [0.717, 1.165) is 16.1 Å². The largest absolute Gasteiger partial charge is 0.352 e. The number of anilines is 1. The Labute approximate surface area is 171 Å². The van der Waals surface area contributed by atoms with Crippen LogP contribution in [0.3, 0.4) is 0 Å². The van der Waals surface area contributed by atoms with Gasteiger partial charge in [0.15, 0.2) is 0 Å². The highest BCUT2D eigenvalue weighted by Gasteiger charge is 2.48. The molecule has 0 aromatic heterocycles. The second-order valence-electron chi connectivity index (χ2n) is 9.24.